The number of nitriles is 1. The van der Waals surface area contributed by atoms with E-state index in [2.05, 4.69) is 20.9 Å². The van der Waals surface area contributed by atoms with Crippen molar-refractivity contribution < 1.29 is 5.11 Å². The van der Waals surface area contributed by atoms with Crippen LogP contribution in [0.25, 0.3) is 0 Å². The summed E-state index contributed by atoms with van der Waals surface area (Å²) in [7, 11) is 4.04. The van der Waals surface area contributed by atoms with Gasteiger partial charge in [-0.25, -0.2) is 4.98 Å². The lowest BCUT2D eigenvalue weighted by Gasteiger charge is -2.28. The third-order valence-corrected chi connectivity index (χ3v) is 3.33. The minimum Gasteiger partial charge on any atom is -0.391 e. The molecule has 0 aliphatic carbocycles. The summed E-state index contributed by atoms with van der Waals surface area (Å²) in [4.78, 5) is 8.72. The highest BCUT2D eigenvalue weighted by molar-refractivity contribution is 5.48. The first-order valence-electron chi connectivity index (χ1n) is 6.48. The van der Waals surface area contributed by atoms with Crippen LogP contribution in [0, 0.1) is 18.3 Å². The molecule has 2 atom stereocenters. The zero-order chi connectivity index (χ0) is 14.0. The smallest absolute Gasteiger partial charge is 0.130 e. The highest BCUT2D eigenvalue weighted by atomic mass is 16.3. The summed E-state index contributed by atoms with van der Waals surface area (Å²) in [6, 6.07) is 5.97. The van der Waals surface area contributed by atoms with Gasteiger partial charge in [0.15, 0.2) is 0 Å². The van der Waals surface area contributed by atoms with Crippen LogP contribution in [-0.2, 0) is 0 Å². The van der Waals surface area contributed by atoms with Gasteiger partial charge in [0.2, 0.25) is 0 Å². The summed E-state index contributed by atoms with van der Waals surface area (Å²) in [5.41, 5.74) is 1.45. The Kier molecular flexibility index (Phi) is 4.03. The number of aryl methyl sites for hydroxylation is 1. The predicted molar refractivity (Wildman–Crippen MR) is 74.0 cm³/mol. The second-order valence-electron chi connectivity index (χ2n) is 5.43. The number of hydrogen-bond donors (Lipinski definition) is 1. The topological polar surface area (TPSA) is 63.4 Å². The Hall–Kier alpha value is -1.64. The quantitative estimate of drug-likeness (QED) is 0.869. The van der Waals surface area contributed by atoms with Crippen LogP contribution in [0.15, 0.2) is 12.1 Å². The molecule has 0 bridgehead atoms. The van der Waals surface area contributed by atoms with E-state index in [-0.39, 0.29) is 12.1 Å². The summed E-state index contributed by atoms with van der Waals surface area (Å²) in [6.45, 7) is 3.34. The molecule has 19 heavy (non-hydrogen) atoms. The van der Waals surface area contributed by atoms with Crippen molar-refractivity contribution in [2.45, 2.75) is 25.5 Å². The molecule has 5 heteroatoms. The van der Waals surface area contributed by atoms with Crippen LogP contribution in [0.4, 0.5) is 5.82 Å². The van der Waals surface area contributed by atoms with Crippen LogP contribution < -0.4 is 4.90 Å². The molecule has 1 fully saturated rings. The number of aliphatic hydroxyl groups excluding tert-OH is 1. The molecule has 1 aliphatic heterocycles. The Morgan fingerprint density at radius 1 is 1.53 bits per heavy atom. The molecule has 0 aromatic carbocycles. The molecule has 2 unspecified atom stereocenters. The monoisotopic (exact) mass is 260 g/mol. The minimum atomic E-state index is -0.321. The van der Waals surface area contributed by atoms with Crippen LogP contribution in [0.5, 0.6) is 0 Å². The third kappa shape index (κ3) is 3.22. The Morgan fingerprint density at radius 3 is 2.89 bits per heavy atom. The zero-order valence-electron chi connectivity index (χ0n) is 11.7. The number of anilines is 1. The predicted octanol–water partition coefficient (Wildman–Crippen LogP) is 0.763. The van der Waals surface area contributed by atoms with Gasteiger partial charge < -0.3 is 14.9 Å². The summed E-state index contributed by atoms with van der Waals surface area (Å²) in [6.07, 6.45) is 0.424. The molecule has 2 rings (SSSR count). The van der Waals surface area contributed by atoms with Gasteiger partial charge in [-0.1, -0.05) is 0 Å². The summed E-state index contributed by atoms with van der Waals surface area (Å²) in [5.74, 6) is 0.792. The van der Waals surface area contributed by atoms with Crippen molar-refractivity contribution >= 4 is 5.82 Å². The fourth-order valence-corrected chi connectivity index (χ4v) is 2.63. The number of likely N-dealkylation sites (N-methyl/N-ethyl adjacent to an activating group) is 1. The molecule has 1 aliphatic rings. The van der Waals surface area contributed by atoms with Crippen molar-refractivity contribution in [2.75, 3.05) is 32.1 Å². The number of β-amino-alcohol motifs (C(OH)–C–C–N with tert-alkyl or cyclic N) is 1. The maximum atomic E-state index is 9.89. The summed E-state index contributed by atoms with van der Waals surface area (Å²) >= 11 is 0. The second-order valence-corrected chi connectivity index (χ2v) is 5.43. The molecule has 0 spiro atoms. The zero-order valence-corrected chi connectivity index (χ0v) is 11.7. The highest BCUT2D eigenvalue weighted by Gasteiger charge is 2.32. The van der Waals surface area contributed by atoms with E-state index in [9.17, 15) is 5.11 Å². The van der Waals surface area contributed by atoms with Gasteiger partial charge in [0.1, 0.15) is 5.82 Å². The fourth-order valence-electron chi connectivity index (χ4n) is 2.63. The normalized spacial score (nSPS) is 22.8. The molecule has 1 aromatic heterocycles. The molecule has 1 saturated heterocycles. The number of rotatable bonds is 3. The average Bonchev–Trinajstić information content (AvgIpc) is 2.68. The Balaban J connectivity index is 2.28. The molecule has 102 valence electrons. The van der Waals surface area contributed by atoms with Crippen molar-refractivity contribution in [1.29, 1.82) is 5.26 Å². The van der Waals surface area contributed by atoms with E-state index >= 15 is 0 Å². The average molecular weight is 260 g/mol. The van der Waals surface area contributed by atoms with E-state index < -0.39 is 0 Å². The van der Waals surface area contributed by atoms with Crippen molar-refractivity contribution in [1.82, 2.24) is 9.88 Å². The first-order chi connectivity index (χ1) is 8.99. The van der Waals surface area contributed by atoms with Gasteiger partial charge in [-0.05, 0) is 39.6 Å². The standard InChI is InChI=1S/C14H20N4O/c1-10-4-11(7-15)5-14(16-10)18-9-13(19)6-12(18)8-17(2)3/h4-5,12-13,19H,6,8-9H2,1-3H3. The van der Waals surface area contributed by atoms with Crippen molar-refractivity contribution in [3.8, 4) is 6.07 Å². The molecule has 0 saturated carbocycles. The maximum absolute atomic E-state index is 9.89. The molecular weight excluding hydrogens is 240 g/mol. The van der Waals surface area contributed by atoms with Crippen LogP contribution in [0.2, 0.25) is 0 Å². The van der Waals surface area contributed by atoms with E-state index in [4.69, 9.17) is 5.26 Å². The van der Waals surface area contributed by atoms with Gasteiger partial charge >= 0.3 is 0 Å². The van der Waals surface area contributed by atoms with Crippen molar-refractivity contribution in [3.05, 3.63) is 23.4 Å². The lowest BCUT2D eigenvalue weighted by atomic mass is 10.2. The molecule has 0 radical (unpaired) electrons. The number of aromatic nitrogens is 1. The van der Waals surface area contributed by atoms with E-state index in [0.29, 0.717) is 12.1 Å². The largest absolute Gasteiger partial charge is 0.391 e. The number of pyridine rings is 1. The Bertz CT molecular complexity index is 495. The van der Waals surface area contributed by atoms with E-state index in [0.717, 1.165) is 24.5 Å². The first-order valence-corrected chi connectivity index (χ1v) is 6.48. The molecule has 0 amide bonds. The lowest BCUT2D eigenvalue weighted by Crippen LogP contribution is -2.38. The van der Waals surface area contributed by atoms with Crippen molar-refractivity contribution in [2.24, 2.45) is 0 Å². The van der Waals surface area contributed by atoms with Crippen LogP contribution in [0.3, 0.4) is 0 Å². The third-order valence-electron chi connectivity index (χ3n) is 3.33. The molecule has 2 heterocycles. The summed E-state index contributed by atoms with van der Waals surface area (Å²) in [5, 5.41) is 18.9. The number of nitrogens with zero attached hydrogens (tertiary/aromatic N) is 4. The molecular formula is C14H20N4O. The van der Waals surface area contributed by atoms with Gasteiger partial charge in [-0.2, -0.15) is 5.26 Å². The van der Waals surface area contributed by atoms with Gasteiger partial charge in [0.05, 0.1) is 17.7 Å². The SMILES string of the molecule is Cc1cc(C#N)cc(N2CC(O)CC2CN(C)C)n1. The van der Waals surface area contributed by atoms with E-state index in [1.165, 1.54) is 0 Å². The number of hydrogen-bond acceptors (Lipinski definition) is 5. The minimum absolute atomic E-state index is 0.242. The van der Waals surface area contributed by atoms with Gasteiger partial charge in [-0.15, -0.1) is 0 Å². The molecule has 1 N–H and O–H groups in total. The van der Waals surface area contributed by atoms with Crippen LogP contribution in [-0.4, -0.2) is 54.3 Å². The first kappa shape index (κ1) is 13.8. The highest BCUT2D eigenvalue weighted by Crippen LogP contribution is 2.25. The van der Waals surface area contributed by atoms with Crippen LogP contribution >= 0.6 is 0 Å². The molecule has 1 aromatic rings. The van der Waals surface area contributed by atoms with Crippen LogP contribution in [0.1, 0.15) is 17.7 Å². The van der Waals surface area contributed by atoms with E-state index in [1.54, 1.807) is 12.1 Å². The van der Waals surface area contributed by atoms with Crippen molar-refractivity contribution in [3.63, 3.8) is 0 Å². The lowest BCUT2D eigenvalue weighted by molar-refractivity contribution is 0.191. The number of aliphatic hydroxyl groups is 1. The Labute approximate surface area is 114 Å². The second kappa shape index (κ2) is 5.55. The Morgan fingerprint density at radius 2 is 2.26 bits per heavy atom. The fraction of sp³-hybridized carbons (Fsp3) is 0.571. The van der Waals surface area contributed by atoms with Gasteiger partial charge in [0, 0.05) is 24.8 Å². The summed E-state index contributed by atoms with van der Waals surface area (Å²) < 4.78 is 0. The van der Waals surface area contributed by atoms with Gasteiger partial charge in [-0.3, -0.25) is 0 Å². The van der Waals surface area contributed by atoms with Gasteiger partial charge in [0.25, 0.3) is 0 Å². The van der Waals surface area contributed by atoms with E-state index in [1.807, 2.05) is 21.0 Å². The maximum Gasteiger partial charge on any atom is 0.130 e. The molecule has 5 nitrogen and oxygen atoms in total.